The van der Waals surface area contributed by atoms with Gasteiger partial charge in [-0.05, 0) is 30.2 Å². The van der Waals surface area contributed by atoms with Gasteiger partial charge >= 0.3 is 0 Å². The van der Waals surface area contributed by atoms with E-state index in [9.17, 15) is 4.79 Å². The first kappa shape index (κ1) is 13.6. The maximum absolute atomic E-state index is 12.1. The van der Waals surface area contributed by atoms with Crippen LogP contribution < -0.4 is 11.1 Å². The highest BCUT2D eigenvalue weighted by Crippen LogP contribution is 2.19. The number of hydrogen-bond acceptors (Lipinski definition) is 4. The predicted molar refractivity (Wildman–Crippen MR) is 75.6 cm³/mol. The first-order chi connectivity index (χ1) is 8.97. The number of hydrogen-bond donors (Lipinski definition) is 2. The SMILES string of the molecule is Cc1cccc(C(=O)Nc2cc(Cl)nc(Cl)n2)c1N. The second-order valence-corrected chi connectivity index (χ2v) is 4.56. The Labute approximate surface area is 119 Å². The molecular formula is C12H10Cl2N4O. The Morgan fingerprint density at radius 3 is 2.74 bits per heavy atom. The van der Waals surface area contributed by atoms with Crippen LogP contribution in [0.1, 0.15) is 15.9 Å². The van der Waals surface area contributed by atoms with E-state index in [1.807, 2.05) is 13.0 Å². The maximum Gasteiger partial charge on any atom is 0.258 e. The van der Waals surface area contributed by atoms with Crippen molar-refractivity contribution in [3.8, 4) is 0 Å². The normalized spacial score (nSPS) is 10.3. The van der Waals surface area contributed by atoms with Crippen molar-refractivity contribution in [2.24, 2.45) is 0 Å². The smallest absolute Gasteiger partial charge is 0.258 e. The summed E-state index contributed by atoms with van der Waals surface area (Å²) in [5, 5.41) is 2.67. The molecule has 0 bridgehead atoms. The summed E-state index contributed by atoms with van der Waals surface area (Å²) in [6, 6.07) is 6.60. The Kier molecular flexibility index (Phi) is 3.87. The average molecular weight is 297 g/mol. The zero-order chi connectivity index (χ0) is 14.0. The topological polar surface area (TPSA) is 80.9 Å². The molecule has 0 aliphatic rings. The number of benzene rings is 1. The largest absolute Gasteiger partial charge is 0.398 e. The Morgan fingerprint density at radius 2 is 2.05 bits per heavy atom. The molecule has 5 nitrogen and oxygen atoms in total. The summed E-state index contributed by atoms with van der Waals surface area (Å²) in [5.41, 5.74) is 7.47. The number of nitrogens with one attached hydrogen (secondary N) is 1. The fraction of sp³-hybridized carbons (Fsp3) is 0.0833. The van der Waals surface area contributed by atoms with Gasteiger partial charge in [0.05, 0.1) is 5.56 Å². The van der Waals surface area contributed by atoms with Gasteiger partial charge in [-0.1, -0.05) is 23.7 Å². The van der Waals surface area contributed by atoms with Crippen molar-refractivity contribution in [1.29, 1.82) is 0 Å². The summed E-state index contributed by atoms with van der Waals surface area (Å²) in [6.07, 6.45) is 0. The lowest BCUT2D eigenvalue weighted by molar-refractivity contribution is 0.102. The monoisotopic (exact) mass is 296 g/mol. The van der Waals surface area contributed by atoms with Crippen molar-refractivity contribution in [3.05, 3.63) is 45.8 Å². The van der Waals surface area contributed by atoms with Crippen LogP contribution in [0.15, 0.2) is 24.3 Å². The molecule has 2 aromatic rings. The third-order valence-corrected chi connectivity index (χ3v) is 2.84. The van der Waals surface area contributed by atoms with E-state index in [2.05, 4.69) is 15.3 Å². The number of anilines is 2. The van der Waals surface area contributed by atoms with E-state index < -0.39 is 0 Å². The number of nitrogens with zero attached hydrogens (tertiary/aromatic N) is 2. The van der Waals surface area contributed by atoms with E-state index in [-0.39, 0.29) is 22.2 Å². The zero-order valence-corrected chi connectivity index (χ0v) is 11.5. The van der Waals surface area contributed by atoms with Crippen molar-refractivity contribution >= 4 is 40.6 Å². The fourth-order valence-corrected chi connectivity index (χ4v) is 1.93. The van der Waals surface area contributed by atoms with Gasteiger partial charge in [0.25, 0.3) is 5.91 Å². The van der Waals surface area contributed by atoms with Crippen LogP contribution in [0.3, 0.4) is 0 Å². The standard InChI is InChI=1S/C12H10Cl2N4O/c1-6-3-2-4-7(10(6)15)11(19)17-9-5-8(13)16-12(14)18-9/h2-5H,15H2,1H3,(H,16,17,18,19). The molecule has 1 aromatic heterocycles. The molecule has 1 aromatic carbocycles. The van der Waals surface area contributed by atoms with E-state index >= 15 is 0 Å². The quantitative estimate of drug-likeness (QED) is 0.507. The van der Waals surface area contributed by atoms with Crippen LogP contribution in [0.5, 0.6) is 0 Å². The minimum Gasteiger partial charge on any atom is -0.398 e. The number of halogens is 2. The van der Waals surface area contributed by atoms with Gasteiger partial charge in [-0.15, -0.1) is 0 Å². The van der Waals surface area contributed by atoms with Crippen molar-refractivity contribution in [2.45, 2.75) is 6.92 Å². The number of aromatic nitrogens is 2. The van der Waals surface area contributed by atoms with Gasteiger partial charge < -0.3 is 11.1 Å². The zero-order valence-electron chi connectivity index (χ0n) is 9.95. The molecular weight excluding hydrogens is 287 g/mol. The third kappa shape index (κ3) is 3.13. The lowest BCUT2D eigenvalue weighted by Crippen LogP contribution is -2.15. The van der Waals surface area contributed by atoms with Gasteiger partial charge in [-0.3, -0.25) is 4.79 Å². The van der Waals surface area contributed by atoms with Crippen LogP contribution >= 0.6 is 23.2 Å². The molecule has 0 unspecified atom stereocenters. The van der Waals surface area contributed by atoms with E-state index in [0.29, 0.717) is 11.3 Å². The average Bonchev–Trinajstić information content (AvgIpc) is 2.31. The molecule has 7 heteroatoms. The molecule has 0 radical (unpaired) electrons. The van der Waals surface area contributed by atoms with Crippen LogP contribution in [0, 0.1) is 6.92 Å². The summed E-state index contributed by atoms with van der Waals surface area (Å²) in [7, 11) is 0. The molecule has 0 aliphatic heterocycles. The van der Waals surface area contributed by atoms with E-state index in [0.717, 1.165) is 5.56 Å². The van der Waals surface area contributed by atoms with Crippen LogP contribution in [-0.2, 0) is 0 Å². The summed E-state index contributed by atoms with van der Waals surface area (Å²) in [6.45, 7) is 1.82. The van der Waals surface area contributed by atoms with Crippen molar-refractivity contribution in [3.63, 3.8) is 0 Å². The molecule has 0 saturated carbocycles. The summed E-state index contributed by atoms with van der Waals surface area (Å²) in [5.74, 6) is -0.164. The second kappa shape index (κ2) is 5.42. The first-order valence-electron chi connectivity index (χ1n) is 5.34. The Balaban J connectivity index is 2.28. The first-order valence-corrected chi connectivity index (χ1v) is 6.09. The van der Waals surface area contributed by atoms with Gasteiger partial charge in [0.15, 0.2) is 0 Å². The fourth-order valence-electron chi connectivity index (χ4n) is 1.52. The molecule has 2 rings (SSSR count). The van der Waals surface area contributed by atoms with E-state index in [4.69, 9.17) is 28.9 Å². The van der Waals surface area contributed by atoms with Crippen LogP contribution in [0.4, 0.5) is 11.5 Å². The maximum atomic E-state index is 12.1. The molecule has 19 heavy (non-hydrogen) atoms. The number of nitrogen functional groups attached to an aromatic ring is 1. The number of carbonyl (C=O) groups is 1. The summed E-state index contributed by atoms with van der Waals surface area (Å²) >= 11 is 11.4. The number of nitrogens with two attached hydrogens (primary N) is 1. The number of carbonyl (C=O) groups excluding carboxylic acids is 1. The number of aryl methyl sites for hydroxylation is 1. The van der Waals surface area contributed by atoms with Crippen LogP contribution in [0.2, 0.25) is 10.4 Å². The molecule has 1 heterocycles. The van der Waals surface area contributed by atoms with Crippen LogP contribution in [-0.4, -0.2) is 15.9 Å². The molecule has 0 fully saturated rings. The molecule has 1 amide bonds. The minimum atomic E-state index is -0.382. The number of para-hydroxylation sites is 1. The van der Waals surface area contributed by atoms with E-state index in [1.54, 1.807) is 12.1 Å². The van der Waals surface area contributed by atoms with Gasteiger partial charge in [-0.2, -0.15) is 0 Å². The molecule has 0 saturated heterocycles. The third-order valence-electron chi connectivity index (χ3n) is 2.48. The Bertz CT molecular complexity index is 625. The molecule has 0 aliphatic carbocycles. The van der Waals surface area contributed by atoms with Gasteiger partial charge in [0, 0.05) is 11.8 Å². The van der Waals surface area contributed by atoms with Gasteiger partial charge in [-0.25, -0.2) is 9.97 Å². The molecule has 0 spiro atoms. The minimum absolute atomic E-state index is 0.0417. The lowest BCUT2D eigenvalue weighted by Gasteiger charge is -2.08. The highest BCUT2D eigenvalue weighted by Gasteiger charge is 2.12. The molecule has 98 valence electrons. The van der Waals surface area contributed by atoms with Crippen molar-refractivity contribution in [2.75, 3.05) is 11.1 Å². The second-order valence-electron chi connectivity index (χ2n) is 3.84. The highest BCUT2D eigenvalue weighted by molar-refractivity contribution is 6.32. The highest BCUT2D eigenvalue weighted by atomic mass is 35.5. The number of amides is 1. The van der Waals surface area contributed by atoms with Crippen molar-refractivity contribution in [1.82, 2.24) is 9.97 Å². The summed E-state index contributed by atoms with van der Waals surface area (Å²) < 4.78 is 0. The van der Waals surface area contributed by atoms with Gasteiger partial charge in [0.2, 0.25) is 5.28 Å². The van der Waals surface area contributed by atoms with Crippen molar-refractivity contribution < 1.29 is 4.79 Å². The summed E-state index contributed by atoms with van der Waals surface area (Å²) in [4.78, 5) is 19.6. The van der Waals surface area contributed by atoms with E-state index in [1.165, 1.54) is 6.07 Å². The molecule has 3 N–H and O–H groups in total. The molecule has 0 atom stereocenters. The predicted octanol–water partition coefficient (Wildman–Crippen LogP) is 2.93. The Morgan fingerprint density at radius 1 is 1.32 bits per heavy atom. The van der Waals surface area contributed by atoms with Gasteiger partial charge in [0.1, 0.15) is 11.0 Å². The lowest BCUT2D eigenvalue weighted by atomic mass is 10.1. The Hall–Kier alpha value is -1.85. The number of rotatable bonds is 2. The van der Waals surface area contributed by atoms with Crippen LogP contribution in [0.25, 0.3) is 0 Å².